The quantitative estimate of drug-likeness (QED) is 0.526. The Morgan fingerprint density at radius 1 is 1.18 bits per heavy atom. The van der Waals surface area contributed by atoms with E-state index in [-0.39, 0.29) is 5.28 Å². The van der Waals surface area contributed by atoms with E-state index in [0.717, 1.165) is 9.37 Å². The van der Waals surface area contributed by atoms with E-state index in [9.17, 15) is 0 Å². The summed E-state index contributed by atoms with van der Waals surface area (Å²) in [6.45, 7) is 0. The van der Waals surface area contributed by atoms with Crippen molar-refractivity contribution in [1.29, 1.82) is 0 Å². The summed E-state index contributed by atoms with van der Waals surface area (Å²) in [6, 6.07) is 5.25. The third-order valence-corrected chi connectivity index (χ3v) is 4.55. The van der Waals surface area contributed by atoms with Crippen molar-refractivity contribution in [1.82, 2.24) is 9.97 Å². The van der Waals surface area contributed by atoms with Gasteiger partial charge in [-0.25, -0.2) is 9.97 Å². The molecule has 0 spiro atoms. The lowest BCUT2D eigenvalue weighted by atomic mass is 10.4. The van der Waals surface area contributed by atoms with Gasteiger partial charge in [0, 0.05) is 16.1 Å². The van der Waals surface area contributed by atoms with Crippen LogP contribution >= 0.6 is 62.5 Å². The van der Waals surface area contributed by atoms with E-state index in [1.807, 2.05) is 0 Å². The van der Waals surface area contributed by atoms with Crippen LogP contribution in [-0.2, 0) is 0 Å². The first-order valence-electron chi connectivity index (χ1n) is 4.37. The van der Waals surface area contributed by atoms with Crippen LogP contribution in [0.5, 0.6) is 0 Å². The highest BCUT2D eigenvalue weighted by Crippen LogP contribution is 2.37. The largest absolute Gasteiger partial charge is 0.225 e. The first-order chi connectivity index (χ1) is 8.06. The van der Waals surface area contributed by atoms with Crippen LogP contribution in [0.4, 0.5) is 0 Å². The van der Waals surface area contributed by atoms with Crippen molar-refractivity contribution in [2.45, 2.75) is 9.92 Å². The summed E-state index contributed by atoms with van der Waals surface area (Å²) >= 11 is 22.4. The second-order valence-corrected chi connectivity index (χ2v) is 6.04. The Hall–Kier alpha value is -0.000000000000000167. The highest BCUT2D eigenvalue weighted by Gasteiger charge is 2.09. The lowest BCUT2D eigenvalue weighted by molar-refractivity contribution is 1.03. The summed E-state index contributed by atoms with van der Waals surface area (Å²) in [5.41, 5.74) is 0. The molecule has 1 aromatic heterocycles. The molecular weight excluding hydrogens is 366 g/mol. The maximum atomic E-state index is 6.07. The molecule has 0 unspecified atom stereocenters. The standard InChI is InChI=1S/C10H4BrCl3N2S/c11-6-4-15-10(14)16-9(6)17-8-3-5(12)1-2-7(8)13/h1-4H. The maximum Gasteiger partial charge on any atom is 0.223 e. The number of aromatic nitrogens is 2. The molecule has 0 saturated carbocycles. The molecule has 7 heteroatoms. The fraction of sp³-hybridized carbons (Fsp3) is 0. The first kappa shape index (κ1) is 13.4. The van der Waals surface area contributed by atoms with E-state index < -0.39 is 0 Å². The molecule has 2 rings (SSSR count). The van der Waals surface area contributed by atoms with E-state index in [2.05, 4.69) is 25.9 Å². The van der Waals surface area contributed by atoms with Crippen molar-refractivity contribution in [3.63, 3.8) is 0 Å². The molecule has 0 atom stereocenters. The van der Waals surface area contributed by atoms with Gasteiger partial charge >= 0.3 is 0 Å². The number of halogens is 4. The van der Waals surface area contributed by atoms with E-state index in [1.165, 1.54) is 11.8 Å². The minimum Gasteiger partial charge on any atom is -0.225 e. The molecule has 0 radical (unpaired) electrons. The number of hydrogen-bond donors (Lipinski definition) is 0. The molecule has 1 heterocycles. The van der Waals surface area contributed by atoms with Crippen molar-refractivity contribution in [3.05, 3.63) is 44.2 Å². The Balaban J connectivity index is 2.37. The lowest BCUT2D eigenvalue weighted by Crippen LogP contribution is -1.87. The van der Waals surface area contributed by atoms with Crippen LogP contribution in [0.3, 0.4) is 0 Å². The zero-order valence-electron chi connectivity index (χ0n) is 8.12. The predicted octanol–water partition coefficient (Wildman–Crippen LogP) is 5.35. The van der Waals surface area contributed by atoms with E-state index >= 15 is 0 Å². The van der Waals surface area contributed by atoms with Gasteiger partial charge in [0.2, 0.25) is 5.28 Å². The minimum atomic E-state index is 0.189. The average molecular weight is 370 g/mol. The summed E-state index contributed by atoms with van der Waals surface area (Å²) in [5, 5.41) is 2.11. The molecule has 0 N–H and O–H groups in total. The van der Waals surface area contributed by atoms with Crippen LogP contribution in [0.1, 0.15) is 0 Å². The molecule has 17 heavy (non-hydrogen) atoms. The van der Waals surface area contributed by atoms with Crippen LogP contribution < -0.4 is 0 Å². The van der Waals surface area contributed by atoms with Crippen molar-refractivity contribution in [3.8, 4) is 0 Å². The van der Waals surface area contributed by atoms with Gasteiger partial charge in [-0.05, 0) is 45.7 Å². The molecule has 0 saturated heterocycles. The monoisotopic (exact) mass is 368 g/mol. The molecule has 2 aromatic rings. The van der Waals surface area contributed by atoms with Gasteiger partial charge in [0.1, 0.15) is 5.03 Å². The molecule has 1 aromatic carbocycles. The maximum absolute atomic E-state index is 6.07. The van der Waals surface area contributed by atoms with Gasteiger partial charge in [0.25, 0.3) is 0 Å². The van der Waals surface area contributed by atoms with Gasteiger partial charge in [0.05, 0.1) is 9.50 Å². The van der Waals surface area contributed by atoms with Gasteiger partial charge in [-0.1, -0.05) is 35.0 Å². The Bertz CT molecular complexity index is 516. The summed E-state index contributed by atoms with van der Waals surface area (Å²) in [7, 11) is 0. The Kier molecular flexibility index (Phi) is 4.55. The number of benzene rings is 1. The van der Waals surface area contributed by atoms with Crippen LogP contribution in [-0.4, -0.2) is 9.97 Å². The van der Waals surface area contributed by atoms with Gasteiger partial charge < -0.3 is 0 Å². The number of nitrogens with zero attached hydrogens (tertiary/aromatic N) is 2. The topological polar surface area (TPSA) is 25.8 Å². The molecule has 88 valence electrons. The smallest absolute Gasteiger partial charge is 0.223 e. The van der Waals surface area contributed by atoms with Gasteiger partial charge in [0.15, 0.2) is 0 Å². The van der Waals surface area contributed by atoms with E-state index in [1.54, 1.807) is 24.4 Å². The summed E-state index contributed by atoms with van der Waals surface area (Å²) in [5.74, 6) is 0. The van der Waals surface area contributed by atoms with Crippen LogP contribution in [0.25, 0.3) is 0 Å². The van der Waals surface area contributed by atoms with Crippen molar-refractivity contribution < 1.29 is 0 Å². The molecule has 0 aliphatic rings. The van der Waals surface area contributed by atoms with Crippen LogP contribution in [0.2, 0.25) is 15.3 Å². The zero-order valence-corrected chi connectivity index (χ0v) is 12.8. The Morgan fingerprint density at radius 3 is 2.71 bits per heavy atom. The minimum absolute atomic E-state index is 0.189. The van der Waals surface area contributed by atoms with Gasteiger partial charge in [-0.15, -0.1) is 0 Å². The van der Waals surface area contributed by atoms with Gasteiger partial charge in [-0.3, -0.25) is 0 Å². The molecule has 2 nitrogen and oxygen atoms in total. The normalized spacial score (nSPS) is 10.6. The second kappa shape index (κ2) is 5.76. The third kappa shape index (κ3) is 3.48. The van der Waals surface area contributed by atoms with Crippen molar-refractivity contribution >= 4 is 62.5 Å². The average Bonchev–Trinajstić information content (AvgIpc) is 2.28. The third-order valence-electron chi connectivity index (χ3n) is 1.78. The Morgan fingerprint density at radius 2 is 1.94 bits per heavy atom. The van der Waals surface area contributed by atoms with Crippen LogP contribution in [0.15, 0.2) is 38.8 Å². The fourth-order valence-electron chi connectivity index (χ4n) is 1.06. The first-order valence-corrected chi connectivity index (χ1v) is 7.11. The fourth-order valence-corrected chi connectivity index (χ4v) is 2.99. The lowest BCUT2D eigenvalue weighted by Gasteiger charge is -2.05. The number of hydrogen-bond acceptors (Lipinski definition) is 3. The summed E-state index contributed by atoms with van der Waals surface area (Å²) in [4.78, 5) is 8.78. The summed E-state index contributed by atoms with van der Waals surface area (Å²) < 4.78 is 0.753. The highest BCUT2D eigenvalue weighted by atomic mass is 79.9. The zero-order chi connectivity index (χ0) is 12.4. The molecule has 0 amide bonds. The van der Waals surface area contributed by atoms with Crippen LogP contribution in [0, 0.1) is 0 Å². The molecular formula is C10H4BrCl3N2S. The second-order valence-electron chi connectivity index (χ2n) is 2.97. The van der Waals surface area contributed by atoms with E-state index in [4.69, 9.17) is 34.8 Å². The molecule has 0 fully saturated rings. The predicted molar refractivity (Wildman–Crippen MR) is 75.3 cm³/mol. The summed E-state index contributed by atoms with van der Waals surface area (Å²) in [6.07, 6.45) is 1.59. The van der Waals surface area contributed by atoms with Gasteiger partial charge in [-0.2, -0.15) is 0 Å². The number of rotatable bonds is 2. The van der Waals surface area contributed by atoms with E-state index in [0.29, 0.717) is 15.1 Å². The Labute approximate surface area is 126 Å². The highest BCUT2D eigenvalue weighted by molar-refractivity contribution is 9.10. The molecule has 0 aliphatic heterocycles. The SMILES string of the molecule is Clc1ccc(Cl)c(Sc2nc(Cl)ncc2Br)c1. The molecule has 0 aliphatic carbocycles. The molecule has 0 bridgehead atoms. The van der Waals surface area contributed by atoms with Crippen molar-refractivity contribution in [2.75, 3.05) is 0 Å². The van der Waals surface area contributed by atoms with Crippen molar-refractivity contribution in [2.24, 2.45) is 0 Å².